The summed E-state index contributed by atoms with van der Waals surface area (Å²) >= 11 is 6.06. The number of nitrogens with one attached hydrogen (secondary N) is 1. The number of likely N-dealkylation sites (tertiary alicyclic amines) is 1. The van der Waals surface area contributed by atoms with E-state index >= 15 is 0 Å². The number of nitrogens with zero attached hydrogens (tertiary/aromatic N) is 1. The number of hydrogen-bond donors (Lipinski definition) is 1. The minimum atomic E-state index is -0.987. The molecule has 0 spiro atoms. The second-order valence-electron chi connectivity index (χ2n) is 6.93. The van der Waals surface area contributed by atoms with Gasteiger partial charge in [-0.1, -0.05) is 41.9 Å². The first-order valence-corrected chi connectivity index (χ1v) is 9.87. The van der Waals surface area contributed by atoms with Crippen molar-refractivity contribution in [2.75, 3.05) is 0 Å². The van der Waals surface area contributed by atoms with Crippen molar-refractivity contribution in [1.82, 2.24) is 10.2 Å². The average molecular weight is 429 g/mol. The molecule has 7 nitrogen and oxygen atoms in total. The van der Waals surface area contributed by atoms with Gasteiger partial charge in [0.25, 0.3) is 5.91 Å². The van der Waals surface area contributed by atoms with Crippen LogP contribution in [0.1, 0.15) is 41.3 Å². The van der Waals surface area contributed by atoms with Gasteiger partial charge in [0, 0.05) is 24.4 Å². The van der Waals surface area contributed by atoms with Crippen molar-refractivity contribution in [1.29, 1.82) is 0 Å². The van der Waals surface area contributed by atoms with Gasteiger partial charge in [0.05, 0.1) is 12.1 Å². The molecular weight excluding hydrogens is 408 g/mol. The van der Waals surface area contributed by atoms with Crippen LogP contribution in [0, 0.1) is 0 Å². The van der Waals surface area contributed by atoms with Crippen molar-refractivity contribution >= 4 is 35.3 Å². The number of imide groups is 1. The highest BCUT2D eigenvalue weighted by Crippen LogP contribution is 2.17. The van der Waals surface area contributed by atoms with Gasteiger partial charge in [-0.25, -0.2) is 4.79 Å². The maximum Gasteiger partial charge on any atom is 0.338 e. The highest BCUT2D eigenvalue weighted by molar-refractivity contribution is 6.31. The van der Waals surface area contributed by atoms with Crippen LogP contribution in [0.3, 0.4) is 0 Å². The van der Waals surface area contributed by atoms with Crippen molar-refractivity contribution in [2.24, 2.45) is 0 Å². The monoisotopic (exact) mass is 428 g/mol. The van der Waals surface area contributed by atoms with Gasteiger partial charge in [0.2, 0.25) is 11.8 Å². The Kier molecular flexibility index (Phi) is 6.84. The molecule has 1 fully saturated rings. The van der Waals surface area contributed by atoms with Gasteiger partial charge >= 0.3 is 5.97 Å². The first kappa shape index (κ1) is 21.5. The Bertz CT molecular complexity index is 958. The van der Waals surface area contributed by atoms with Crippen LogP contribution in [0.4, 0.5) is 0 Å². The lowest BCUT2D eigenvalue weighted by Crippen LogP contribution is -2.35. The molecule has 0 aromatic heterocycles. The molecule has 1 aliphatic rings. The predicted octanol–water partition coefficient (Wildman–Crippen LogP) is 2.85. The number of rotatable bonds is 7. The molecule has 0 bridgehead atoms. The summed E-state index contributed by atoms with van der Waals surface area (Å²) in [5.41, 5.74) is 1.75. The molecule has 8 heteroatoms. The van der Waals surface area contributed by atoms with E-state index in [1.807, 2.05) is 6.07 Å². The normalized spacial score (nSPS) is 14.5. The molecule has 156 valence electrons. The summed E-state index contributed by atoms with van der Waals surface area (Å²) in [5, 5.41) is 3.23. The highest BCUT2D eigenvalue weighted by Gasteiger charge is 2.28. The van der Waals surface area contributed by atoms with Crippen molar-refractivity contribution < 1.29 is 23.9 Å². The molecule has 1 atom stereocenters. The van der Waals surface area contributed by atoms with Crippen LogP contribution < -0.4 is 5.32 Å². The van der Waals surface area contributed by atoms with Gasteiger partial charge in [-0.2, -0.15) is 0 Å². The van der Waals surface area contributed by atoms with Crippen LogP contribution >= 0.6 is 11.6 Å². The second-order valence-corrected chi connectivity index (χ2v) is 7.33. The molecular formula is C22H21ClN2O5. The van der Waals surface area contributed by atoms with Crippen molar-refractivity contribution in [2.45, 2.75) is 39.0 Å². The number of carbonyl (C=O) groups excluding carboxylic acids is 4. The predicted molar refractivity (Wildman–Crippen MR) is 109 cm³/mol. The van der Waals surface area contributed by atoms with Gasteiger partial charge < -0.3 is 10.1 Å². The Hall–Kier alpha value is -3.19. The van der Waals surface area contributed by atoms with E-state index in [4.69, 9.17) is 16.3 Å². The first-order chi connectivity index (χ1) is 14.3. The molecule has 2 aromatic carbocycles. The first-order valence-electron chi connectivity index (χ1n) is 9.49. The Morgan fingerprint density at radius 2 is 1.70 bits per heavy atom. The minimum Gasteiger partial charge on any atom is -0.449 e. The van der Waals surface area contributed by atoms with E-state index in [1.54, 1.807) is 30.3 Å². The fourth-order valence-electron chi connectivity index (χ4n) is 2.98. The molecule has 0 unspecified atom stereocenters. The number of benzene rings is 2. The van der Waals surface area contributed by atoms with Gasteiger partial charge in [-0.3, -0.25) is 19.3 Å². The van der Waals surface area contributed by atoms with Gasteiger partial charge in [-0.05, 0) is 36.2 Å². The van der Waals surface area contributed by atoms with E-state index in [2.05, 4.69) is 5.32 Å². The molecule has 1 N–H and O–H groups in total. The summed E-state index contributed by atoms with van der Waals surface area (Å²) in [7, 11) is 0. The van der Waals surface area contributed by atoms with Gasteiger partial charge in [0.1, 0.15) is 0 Å². The Balaban J connectivity index is 1.52. The van der Waals surface area contributed by atoms with Gasteiger partial charge in [0.15, 0.2) is 6.10 Å². The number of carbonyl (C=O) groups is 4. The van der Waals surface area contributed by atoms with Crippen LogP contribution in [0.25, 0.3) is 0 Å². The van der Waals surface area contributed by atoms with Crippen LogP contribution in [-0.2, 0) is 32.2 Å². The van der Waals surface area contributed by atoms with Crippen molar-refractivity contribution in [3.63, 3.8) is 0 Å². The average Bonchev–Trinajstić information content (AvgIpc) is 3.05. The zero-order valence-electron chi connectivity index (χ0n) is 16.4. The largest absolute Gasteiger partial charge is 0.449 e. The standard InChI is InChI=1S/C22H21ClN2O5/c1-14(21(28)24-12-17-4-2-3-5-18(17)23)30-22(29)16-8-6-15(7-9-16)13-25-19(26)10-11-20(25)27/h2-9,14H,10-13H2,1H3,(H,24,28)/t14-/m1/s1. The zero-order chi connectivity index (χ0) is 21.7. The number of amides is 3. The molecule has 30 heavy (non-hydrogen) atoms. The third-order valence-corrected chi connectivity index (χ3v) is 5.12. The molecule has 3 amide bonds. The van der Waals surface area contributed by atoms with Crippen molar-refractivity contribution in [3.8, 4) is 0 Å². The number of halogens is 1. The summed E-state index contributed by atoms with van der Waals surface area (Å²) in [4.78, 5) is 49.1. The highest BCUT2D eigenvalue weighted by atomic mass is 35.5. The number of ether oxygens (including phenoxy) is 1. The molecule has 1 aliphatic heterocycles. The minimum absolute atomic E-state index is 0.174. The third kappa shape index (κ3) is 5.24. The van der Waals surface area contributed by atoms with E-state index < -0.39 is 18.0 Å². The summed E-state index contributed by atoms with van der Waals surface area (Å²) in [6.45, 7) is 1.88. The van der Waals surface area contributed by atoms with Crippen LogP contribution in [0.15, 0.2) is 48.5 Å². The molecule has 0 aliphatic carbocycles. The van der Waals surface area contributed by atoms with Gasteiger partial charge in [-0.15, -0.1) is 0 Å². The zero-order valence-corrected chi connectivity index (χ0v) is 17.1. The summed E-state index contributed by atoms with van der Waals surface area (Å²) in [6, 6.07) is 13.5. The fourth-order valence-corrected chi connectivity index (χ4v) is 3.18. The lowest BCUT2D eigenvalue weighted by Gasteiger charge is -2.15. The van der Waals surface area contributed by atoms with E-state index in [0.717, 1.165) is 11.1 Å². The maximum absolute atomic E-state index is 12.3. The van der Waals surface area contributed by atoms with E-state index in [9.17, 15) is 19.2 Å². The topological polar surface area (TPSA) is 92.8 Å². The molecule has 0 saturated carbocycles. The smallest absolute Gasteiger partial charge is 0.338 e. The van der Waals surface area contributed by atoms with Crippen LogP contribution in [0.2, 0.25) is 5.02 Å². The lowest BCUT2D eigenvalue weighted by molar-refractivity contribution is -0.139. The van der Waals surface area contributed by atoms with Crippen LogP contribution in [-0.4, -0.2) is 34.7 Å². The SMILES string of the molecule is C[C@@H](OC(=O)c1ccc(CN2C(=O)CCC2=O)cc1)C(=O)NCc1ccccc1Cl. The Morgan fingerprint density at radius 3 is 2.33 bits per heavy atom. The number of hydrogen-bond acceptors (Lipinski definition) is 5. The number of esters is 1. The molecule has 1 heterocycles. The quantitative estimate of drug-likeness (QED) is 0.540. The summed E-state index contributed by atoms with van der Waals surface area (Å²) in [6.07, 6.45) is -0.515. The second kappa shape index (κ2) is 9.54. The maximum atomic E-state index is 12.3. The fraction of sp³-hybridized carbons (Fsp3) is 0.273. The Labute approximate surface area is 179 Å². The van der Waals surface area contributed by atoms with Crippen LogP contribution in [0.5, 0.6) is 0 Å². The summed E-state index contributed by atoms with van der Waals surface area (Å²) < 4.78 is 5.22. The molecule has 1 saturated heterocycles. The molecule has 2 aromatic rings. The molecule has 3 rings (SSSR count). The van der Waals surface area contributed by atoms with E-state index in [0.29, 0.717) is 5.02 Å². The van der Waals surface area contributed by atoms with E-state index in [-0.39, 0.29) is 43.3 Å². The molecule has 0 radical (unpaired) electrons. The third-order valence-electron chi connectivity index (χ3n) is 4.75. The summed E-state index contributed by atoms with van der Waals surface area (Å²) in [5.74, 6) is -1.47. The lowest BCUT2D eigenvalue weighted by atomic mass is 10.1. The Morgan fingerprint density at radius 1 is 1.07 bits per heavy atom. The van der Waals surface area contributed by atoms with E-state index in [1.165, 1.54) is 24.0 Å². The van der Waals surface area contributed by atoms with Crippen molar-refractivity contribution in [3.05, 3.63) is 70.2 Å².